The normalized spacial score (nSPS) is 11.5. The van der Waals surface area contributed by atoms with Crippen LogP contribution in [0.1, 0.15) is 16.7 Å². The summed E-state index contributed by atoms with van der Waals surface area (Å²) in [5.41, 5.74) is 2.70. The van der Waals surface area contributed by atoms with Crippen molar-refractivity contribution in [3.63, 3.8) is 0 Å². The van der Waals surface area contributed by atoms with Crippen molar-refractivity contribution in [2.75, 3.05) is 7.11 Å². The van der Waals surface area contributed by atoms with Crippen LogP contribution in [0.15, 0.2) is 78.0 Å². The summed E-state index contributed by atoms with van der Waals surface area (Å²) >= 11 is 1.33. The molecule has 0 aliphatic rings. The van der Waals surface area contributed by atoms with E-state index in [2.05, 4.69) is 10.2 Å². The first-order chi connectivity index (χ1) is 15.3. The number of methoxy groups -OCH3 is 1. The first-order valence-electron chi connectivity index (χ1n) is 9.81. The summed E-state index contributed by atoms with van der Waals surface area (Å²) in [5, 5.41) is 9.32. The van der Waals surface area contributed by atoms with E-state index in [1.807, 2.05) is 60.0 Å². The molecule has 0 unspecified atom stereocenters. The van der Waals surface area contributed by atoms with Crippen LogP contribution < -0.4 is 4.74 Å². The highest BCUT2D eigenvalue weighted by molar-refractivity contribution is 7.98. The molecule has 0 spiro atoms. The van der Waals surface area contributed by atoms with Gasteiger partial charge in [-0.1, -0.05) is 59.8 Å². The summed E-state index contributed by atoms with van der Waals surface area (Å²) in [6, 6.07) is 20.8. The second-order valence-corrected chi connectivity index (χ2v) is 8.14. The number of ether oxygens (including phenoxy) is 1. The van der Waals surface area contributed by atoms with Gasteiger partial charge in [-0.15, -0.1) is 10.2 Å². The molecule has 0 saturated carbocycles. The lowest BCUT2D eigenvalue weighted by Gasteiger charge is -2.12. The fourth-order valence-electron chi connectivity index (χ4n) is 3.22. The Morgan fingerprint density at radius 2 is 1.69 bits per heavy atom. The molecule has 4 aromatic rings. The number of alkyl halides is 3. The number of rotatable bonds is 6. The van der Waals surface area contributed by atoms with Crippen molar-refractivity contribution in [1.29, 1.82) is 0 Å². The molecular weight excluding hydrogens is 435 g/mol. The van der Waals surface area contributed by atoms with Crippen molar-refractivity contribution in [2.24, 2.45) is 0 Å². The number of aromatic nitrogens is 3. The molecule has 3 aromatic carbocycles. The van der Waals surface area contributed by atoms with Crippen LogP contribution in [-0.4, -0.2) is 21.9 Å². The van der Waals surface area contributed by atoms with E-state index in [1.165, 1.54) is 23.9 Å². The highest BCUT2D eigenvalue weighted by atomic mass is 32.2. The Bertz CT molecular complexity index is 1220. The molecule has 164 valence electrons. The van der Waals surface area contributed by atoms with Gasteiger partial charge in [-0.25, -0.2) is 0 Å². The predicted molar refractivity (Wildman–Crippen MR) is 119 cm³/mol. The molecule has 4 nitrogen and oxygen atoms in total. The Kier molecular flexibility index (Phi) is 6.23. The Hall–Kier alpha value is -3.26. The van der Waals surface area contributed by atoms with Crippen LogP contribution in [0, 0.1) is 6.92 Å². The molecule has 0 fully saturated rings. The van der Waals surface area contributed by atoms with Crippen LogP contribution in [0.25, 0.3) is 17.1 Å². The van der Waals surface area contributed by atoms with Crippen LogP contribution in [0.4, 0.5) is 13.2 Å². The van der Waals surface area contributed by atoms with Gasteiger partial charge in [-0.3, -0.25) is 4.57 Å². The van der Waals surface area contributed by atoms with Gasteiger partial charge < -0.3 is 4.74 Å². The largest absolute Gasteiger partial charge is 0.497 e. The fourth-order valence-corrected chi connectivity index (χ4v) is 4.12. The maximum atomic E-state index is 13.1. The Morgan fingerprint density at radius 1 is 0.938 bits per heavy atom. The number of aryl methyl sites for hydroxylation is 1. The second kappa shape index (κ2) is 9.08. The highest BCUT2D eigenvalue weighted by Crippen LogP contribution is 2.33. The summed E-state index contributed by atoms with van der Waals surface area (Å²) in [4.78, 5) is 0. The zero-order chi connectivity index (χ0) is 22.7. The second-order valence-electron chi connectivity index (χ2n) is 7.20. The van der Waals surface area contributed by atoms with Crippen molar-refractivity contribution < 1.29 is 17.9 Å². The molecule has 1 aromatic heterocycles. The lowest BCUT2D eigenvalue weighted by atomic mass is 10.1. The van der Waals surface area contributed by atoms with E-state index in [0.717, 1.165) is 22.9 Å². The maximum absolute atomic E-state index is 13.1. The molecule has 0 saturated heterocycles. The maximum Gasteiger partial charge on any atom is 0.416 e. The standard InChI is InChI=1S/C24H20F3N3OS/c1-16-9-11-20(12-10-16)30-22(18-6-4-8-21(14-18)31-2)28-29-23(30)32-15-17-5-3-7-19(13-17)24(25,26)27/h3-14H,15H2,1-2H3. The highest BCUT2D eigenvalue weighted by Gasteiger charge is 2.30. The molecule has 0 aliphatic heterocycles. The Balaban J connectivity index is 1.71. The Morgan fingerprint density at radius 3 is 2.41 bits per heavy atom. The third kappa shape index (κ3) is 4.80. The van der Waals surface area contributed by atoms with E-state index in [9.17, 15) is 13.2 Å². The number of hydrogen-bond donors (Lipinski definition) is 0. The molecule has 0 radical (unpaired) electrons. The van der Waals surface area contributed by atoms with Gasteiger partial charge in [-0.2, -0.15) is 13.2 Å². The third-order valence-corrected chi connectivity index (χ3v) is 5.88. The van der Waals surface area contributed by atoms with E-state index in [0.29, 0.717) is 28.0 Å². The molecule has 0 N–H and O–H groups in total. The number of halogens is 3. The minimum absolute atomic E-state index is 0.325. The van der Waals surface area contributed by atoms with Crippen LogP contribution in [0.2, 0.25) is 0 Å². The van der Waals surface area contributed by atoms with E-state index >= 15 is 0 Å². The SMILES string of the molecule is COc1cccc(-c2nnc(SCc3cccc(C(F)(F)F)c3)n2-c2ccc(C)cc2)c1. The van der Waals surface area contributed by atoms with Gasteiger partial charge in [0.25, 0.3) is 0 Å². The van der Waals surface area contributed by atoms with Crippen molar-refractivity contribution in [1.82, 2.24) is 14.8 Å². The summed E-state index contributed by atoms with van der Waals surface area (Å²) in [7, 11) is 1.60. The average Bonchev–Trinajstić information content (AvgIpc) is 3.22. The molecule has 0 bridgehead atoms. The molecule has 32 heavy (non-hydrogen) atoms. The Labute approximate surface area is 188 Å². The van der Waals surface area contributed by atoms with Gasteiger partial charge in [0.05, 0.1) is 12.7 Å². The number of thioether (sulfide) groups is 1. The molecule has 0 amide bonds. The zero-order valence-electron chi connectivity index (χ0n) is 17.4. The fraction of sp³-hybridized carbons (Fsp3) is 0.167. The summed E-state index contributed by atoms with van der Waals surface area (Å²) < 4.78 is 46.4. The van der Waals surface area contributed by atoms with Gasteiger partial charge in [0, 0.05) is 17.0 Å². The monoisotopic (exact) mass is 455 g/mol. The molecule has 0 aliphatic carbocycles. The van der Waals surface area contributed by atoms with Crippen LogP contribution in [-0.2, 0) is 11.9 Å². The van der Waals surface area contributed by atoms with Gasteiger partial charge >= 0.3 is 6.18 Å². The van der Waals surface area contributed by atoms with Gasteiger partial charge in [0.15, 0.2) is 11.0 Å². The van der Waals surface area contributed by atoms with Gasteiger partial charge in [-0.05, 0) is 42.8 Å². The van der Waals surface area contributed by atoms with E-state index in [-0.39, 0.29) is 0 Å². The summed E-state index contributed by atoms with van der Waals surface area (Å²) in [6.45, 7) is 2.00. The summed E-state index contributed by atoms with van der Waals surface area (Å²) in [5.74, 6) is 1.64. The minimum Gasteiger partial charge on any atom is -0.497 e. The summed E-state index contributed by atoms with van der Waals surface area (Å²) in [6.07, 6.45) is -4.37. The number of hydrogen-bond acceptors (Lipinski definition) is 4. The predicted octanol–water partition coefficient (Wildman–Crippen LogP) is 6.56. The molecule has 4 rings (SSSR count). The first-order valence-corrected chi connectivity index (χ1v) is 10.8. The minimum atomic E-state index is -4.37. The third-order valence-electron chi connectivity index (χ3n) is 4.88. The van der Waals surface area contributed by atoms with Crippen molar-refractivity contribution >= 4 is 11.8 Å². The molecule has 0 atom stereocenters. The number of nitrogens with zero attached hydrogens (tertiary/aromatic N) is 3. The molecule has 1 heterocycles. The van der Waals surface area contributed by atoms with Gasteiger partial charge in [0.2, 0.25) is 0 Å². The van der Waals surface area contributed by atoms with Crippen molar-refractivity contribution in [3.8, 4) is 22.8 Å². The molecular formula is C24H20F3N3OS. The molecule has 8 heteroatoms. The topological polar surface area (TPSA) is 39.9 Å². The van der Waals surface area contributed by atoms with E-state index in [1.54, 1.807) is 13.2 Å². The van der Waals surface area contributed by atoms with Crippen molar-refractivity contribution in [2.45, 2.75) is 24.0 Å². The van der Waals surface area contributed by atoms with E-state index < -0.39 is 11.7 Å². The average molecular weight is 456 g/mol. The first kappa shape index (κ1) is 22.0. The lowest BCUT2D eigenvalue weighted by Crippen LogP contribution is -2.05. The zero-order valence-corrected chi connectivity index (χ0v) is 18.2. The lowest BCUT2D eigenvalue weighted by molar-refractivity contribution is -0.137. The van der Waals surface area contributed by atoms with Gasteiger partial charge in [0.1, 0.15) is 5.75 Å². The van der Waals surface area contributed by atoms with Crippen molar-refractivity contribution in [3.05, 3.63) is 89.5 Å². The number of benzene rings is 3. The smallest absolute Gasteiger partial charge is 0.416 e. The van der Waals surface area contributed by atoms with E-state index in [4.69, 9.17) is 4.74 Å². The van der Waals surface area contributed by atoms with Crippen LogP contribution >= 0.6 is 11.8 Å². The quantitative estimate of drug-likeness (QED) is 0.309. The van der Waals surface area contributed by atoms with Crippen LogP contribution in [0.5, 0.6) is 5.75 Å². The van der Waals surface area contributed by atoms with Crippen LogP contribution in [0.3, 0.4) is 0 Å².